The van der Waals surface area contributed by atoms with Gasteiger partial charge in [-0.2, -0.15) is 0 Å². The summed E-state index contributed by atoms with van der Waals surface area (Å²) in [5.41, 5.74) is 1.25. The molecule has 1 fully saturated rings. The molecule has 0 aromatic heterocycles. The average molecular weight is 285 g/mol. The van der Waals surface area contributed by atoms with E-state index in [0.29, 0.717) is 17.5 Å². The van der Waals surface area contributed by atoms with Crippen LogP contribution in [0.5, 0.6) is 0 Å². The first kappa shape index (κ1) is 13.9. The molecule has 0 radical (unpaired) electrons. The second kappa shape index (κ2) is 5.63. The van der Waals surface area contributed by atoms with Gasteiger partial charge < -0.3 is 5.32 Å². The molecule has 1 aromatic carbocycles. The fourth-order valence-corrected chi connectivity index (χ4v) is 5.55. The molecule has 0 aliphatic carbocycles. The van der Waals surface area contributed by atoms with E-state index in [9.17, 15) is 8.42 Å². The number of hydrogen-bond donors (Lipinski definition) is 1. The summed E-state index contributed by atoms with van der Waals surface area (Å²) in [4.78, 5) is 1.16. The lowest BCUT2D eigenvalue weighted by Gasteiger charge is -2.12. The zero-order chi connectivity index (χ0) is 13.2. The SMILES string of the molecule is CNC(C)c1ccc(SC2CCS(=O)(=O)C2)cc1. The molecule has 1 aliphatic heterocycles. The standard InChI is InChI=1S/C13H19NO2S2/c1-10(14-2)11-3-5-12(6-4-11)17-13-7-8-18(15,16)9-13/h3-6,10,13-14H,7-9H2,1-2H3. The number of nitrogens with one attached hydrogen (secondary N) is 1. The van der Waals surface area contributed by atoms with Crippen LogP contribution in [0.2, 0.25) is 0 Å². The molecule has 1 N–H and O–H groups in total. The Morgan fingerprint density at radius 2 is 2.00 bits per heavy atom. The fourth-order valence-electron chi connectivity index (χ4n) is 2.05. The van der Waals surface area contributed by atoms with Crippen molar-refractivity contribution in [3.8, 4) is 0 Å². The Balaban J connectivity index is 1.99. The van der Waals surface area contributed by atoms with Gasteiger partial charge in [0.2, 0.25) is 0 Å². The van der Waals surface area contributed by atoms with E-state index < -0.39 is 9.84 Å². The van der Waals surface area contributed by atoms with Gasteiger partial charge in [-0.15, -0.1) is 11.8 Å². The molecular formula is C13H19NO2S2. The summed E-state index contributed by atoms with van der Waals surface area (Å²) in [5, 5.41) is 3.42. The normalized spacial score (nSPS) is 24.0. The van der Waals surface area contributed by atoms with Crippen molar-refractivity contribution in [3.63, 3.8) is 0 Å². The summed E-state index contributed by atoms with van der Waals surface area (Å²) in [5.74, 6) is 0.672. The highest BCUT2D eigenvalue weighted by Gasteiger charge is 2.28. The first-order valence-corrected chi connectivity index (χ1v) is 8.84. The molecule has 3 nitrogen and oxygen atoms in total. The molecule has 0 amide bonds. The predicted octanol–water partition coefficient (Wildman–Crippen LogP) is 2.25. The van der Waals surface area contributed by atoms with Crippen molar-refractivity contribution in [2.75, 3.05) is 18.6 Å². The Bertz CT molecular complexity index is 496. The highest BCUT2D eigenvalue weighted by atomic mass is 32.2. The summed E-state index contributed by atoms with van der Waals surface area (Å²) in [6, 6.07) is 8.72. The number of sulfone groups is 1. The Morgan fingerprint density at radius 3 is 2.50 bits per heavy atom. The number of hydrogen-bond acceptors (Lipinski definition) is 4. The lowest BCUT2D eigenvalue weighted by Crippen LogP contribution is -2.12. The quantitative estimate of drug-likeness (QED) is 0.921. The van der Waals surface area contributed by atoms with E-state index in [0.717, 1.165) is 11.3 Å². The smallest absolute Gasteiger partial charge is 0.151 e. The third-order valence-electron chi connectivity index (χ3n) is 3.31. The monoisotopic (exact) mass is 285 g/mol. The van der Waals surface area contributed by atoms with Crippen LogP contribution in [0, 0.1) is 0 Å². The Kier molecular flexibility index (Phi) is 4.35. The summed E-state index contributed by atoms with van der Waals surface area (Å²) in [6.45, 7) is 2.12. The number of thioether (sulfide) groups is 1. The maximum Gasteiger partial charge on any atom is 0.151 e. The summed E-state index contributed by atoms with van der Waals surface area (Å²) in [7, 11) is -0.831. The molecule has 2 rings (SSSR count). The van der Waals surface area contributed by atoms with E-state index in [1.807, 2.05) is 7.05 Å². The summed E-state index contributed by atoms with van der Waals surface area (Å²) >= 11 is 1.68. The minimum atomic E-state index is -2.77. The molecule has 5 heteroatoms. The van der Waals surface area contributed by atoms with Gasteiger partial charge in [0.25, 0.3) is 0 Å². The van der Waals surface area contributed by atoms with E-state index in [4.69, 9.17) is 0 Å². The maximum absolute atomic E-state index is 11.4. The molecule has 100 valence electrons. The van der Waals surface area contributed by atoms with Crippen LogP contribution >= 0.6 is 11.8 Å². The van der Waals surface area contributed by atoms with Crippen LogP contribution in [0.25, 0.3) is 0 Å². The van der Waals surface area contributed by atoms with Crippen molar-refractivity contribution in [1.29, 1.82) is 0 Å². The van der Waals surface area contributed by atoms with Crippen molar-refractivity contribution in [2.24, 2.45) is 0 Å². The fraction of sp³-hybridized carbons (Fsp3) is 0.538. The van der Waals surface area contributed by atoms with Gasteiger partial charge in [0.1, 0.15) is 0 Å². The molecule has 1 aromatic rings. The van der Waals surface area contributed by atoms with Crippen LogP contribution in [-0.2, 0) is 9.84 Å². The molecule has 2 atom stereocenters. The highest BCUT2D eigenvalue weighted by molar-refractivity contribution is 8.01. The molecule has 2 unspecified atom stereocenters. The van der Waals surface area contributed by atoms with Crippen LogP contribution in [-0.4, -0.2) is 32.2 Å². The lowest BCUT2D eigenvalue weighted by molar-refractivity contribution is 0.602. The molecule has 0 bridgehead atoms. The van der Waals surface area contributed by atoms with Crippen molar-refractivity contribution >= 4 is 21.6 Å². The highest BCUT2D eigenvalue weighted by Crippen LogP contribution is 2.31. The average Bonchev–Trinajstić information content (AvgIpc) is 2.68. The Morgan fingerprint density at radius 1 is 1.33 bits per heavy atom. The van der Waals surface area contributed by atoms with Crippen LogP contribution in [0.3, 0.4) is 0 Å². The van der Waals surface area contributed by atoms with Crippen molar-refractivity contribution < 1.29 is 8.42 Å². The van der Waals surface area contributed by atoms with Crippen LogP contribution in [0.15, 0.2) is 29.2 Å². The molecule has 1 heterocycles. The van der Waals surface area contributed by atoms with E-state index in [2.05, 4.69) is 36.5 Å². The van der Waals surface area contributed by atoms with E-state index in [1.165, 1.54) is 5.56 Å². The third kappa shape index (κ3) is 3.49. The van der Waals surface area contributed by atoms with Gasteiger partial charge >= 0.3 is 0 Å². The van der Waals surface area contributed by atoms with Gasteiger partial charge in [0.05, 0.1) is 11.5 Å². The van der Waals surface area contributed by atoms with Gasteiger partial charge in [-0.25, -0.2) is 8.42 Å². The summed E-state index contributed by atoms with van der Waals surface area (Å²) < 4.78 is 22.8. The van der Waals surface area contributed by atoms with E-state index in [1.54, 1.807) is 11.8 Å². The maximum atomic E-state index is 11.4. The van der Waals surface area contributed by atoms with Crippen LogP contribution in [0.4, 0.5) is 0 Å². The van der Waals surface area contributed by atoms with Crippen LogP contribution < -0.4 is 5.32 Å². The van der Waals surface area contributed by atoms with Gasteiger partial charge in [0, 0.05) is 16.2 Å². The van der Waals surface area contributed by atoms with Gasteiger partial charge in [-0.1, -0.05) is 12.1 Å². The molecule has 0 spiro atoms. The number of rotatable bonds is 4. The second-order valence-corrected chi connectivity index (χ2v) is 8.32. The van der Waals surface area contributed by atoms with Gasteiger partial charge in [-0.05, 0) is 38.1 Å². The summed E-state index contributed by atoms with van der Waals surface area (Å²) in [6.07, 6.45) is 0.779. The molecule has 0 saturated carbocycles. The first-order chi connectivity index (χ1) is 8.50. The van der Waals surface area contributed by atoms with Crippen LogP contribution in [0.1, 0.15) is 24.9 Å². The Hall–Kier alpha value is -0.520. The zero-order valence-corrected chi connectivity index (χ0v) is 12.4. The first-order valence-electron chi connectivity index (χ1n) is 6.14. The minimum Gasteiger partial charge on any atom is -0.313 e. The minimum absolute atomic E-state index is 0.225. The third-order valence-corrected chi connectivity index (χ3v) is 6.57. The second-order valence-electron chi connectivity index (χ2n) is 4.72. The van der Waals surface area contributed by atoms with Crippen molar-refractivity contribution in [2.45, 2.75) is 29.5 Å². The molecular weight excluding hydrogens is 266 g/mol. The van der Waals surface area contributed by atoms with E-state index >= 15 is 0 Å². The zero-order valence-electron chi connectivity index (χ0n) is 10.7. The van der Waals surface area contributed by atoms with Crippen molar-refractivity contribution in [1.82, 2.24) is 5.32 Å². The Labute approximate surface area is 113 Å². The molecule has 1 saturated heterocycles. The number of benzene rings is 1. The van der Waals surface area contributed by atoms with Gasteiger partial charge in [-0.3, -0.25) is 0 Å². The van der Waals surface area contributed by atoms with Crippen molar-refractivity contribution in [3.05, 3.63) is 29.8 Å². The largest absolute Gasteiger partial charge is 0.313 e. The van der Waals surface area contributed by atoms with Gasteiger partial charge in [0.15, 0.2) is 9.84 Å². The van der Waals surface area contributed by atoms with E-state index in [-0.39, 0.29) is 5.25 Å². The topological polar surface area (TPSA) is 46.2 Å². The molecule has 1 aliphatic rings. The lowest BCUT2D eigenvalue weighted by atomic mass is 10.1. The predicted molar refractivity (Wildman–Crippen MR) is 76.8 cm³/mol. The molecule has 18 heavy (non-hydrogen) atoms.